The van der Waals surface area contributed by atoms with Gasteiger partial charge in [-0.1, -0.05) is 60.7 Å². The van der Waals surface area contributed by atoms with Crippen LogP contribution in [-0.2, 0) is 18.9 Å². The van der Waals surface area contributed by atoms with E-state index in [9.17, 15) is 24.0 Å². The van der Waals surface area contributed by atoms with E-state index in [4.69, 9.17) is 0 Å². The number of carbonyl (C=O) groups excluding carboxylic acids is 5. The molecular formula is C17H10O9. The van der Waals surface area contributed by atoms with E-state index in [-0.39, 0.29) is 5.78 Å². The van der Waals surface area contributed by atoms with Gasteiger partial charge >= 0.3 is 24.6 Å². The van der Waals surface area contributed by atoms with Gasteiger partial charge in [0.1, 0.15) is 0 Å². The molecule has 1 saturated heterocycles. The summed E-state index contributed by atoms with van der Waals surface area (Å²) in [6.45, 7) is 0. The van der Waals surface area contributed by atoms with Gasteiger partial charge in [-0.2, -0.15) is 0 Å². The number of benzene rings is 2. The van der Waals surface area contributed by atoms with Crippen molar-refractivity contribution in [3.63, 3.8) is 0 Å². The van der Waals surface area contributed by atoms with Gasteiger partial charge in [0, 0.05) is 11.1 Å². The monoisotopic (exact) mass is 358 g/mol. The second-order valence-electron chi connectivity index (χ2n) is 4.47. The molecule has 0 saturated carbocycles. The third-order valence-corrected chi connectivity index (χ3v) is 2.74. The molecule has 2 aromatic rings. The maximum Gasteiger partial charge on any atom is 0.528 e. The summed E-state index contributed by atoms with van der Waals surface area (Å²) in [6.07, 6.45) is -6.51. The van der Waals surface area contributed by atoms with Crippen LogP contribution in [0.1, 0.15) is 15.9 Å². The molecule has 1 heterocycles. The Morgan fingerprint density at radius 1 is 0.500 bits per heavy atom. The van der Waals surface area contributed by atoms with Gasteiger partial charge in [0.05, 0.1) is 0 Å². The zero-order valence-corrected chi connectivity index (χ0v) is 12.9. The van der Waals surface area contributed by atoms with Crippen LogP contribution in [0.5, 0.6) is 0 Å². The van der Waals surface area contributed by atoms with Crippen molar-refractivity contribution in [1.29, 1.82) is 0 Å². The average Bonchev–Trinajstić information content (AvgIpc) is 2.61. The van der Waals surface area contributed by atoms with Gasteiger partial charge in [-0.3, -0.25) is 4.79 Å². The van der Waals surface area contributed by atoms with Gasteiger partial charge in [-0.25, -0.2) is 19.2 Å². The Labute approximate surface area is 146 Å². The molecular weight excluding hydrogens is 348 g/mol. The summed E-state index contributed by atoms with van der Waals surface area (Å²) in [5.41, 5.74) is 1.47. The molecule has 3 rings (SSSR count). The lowest BCUT2D eigenvalue weighted by Crippen LogP contribution is -2.27. The van der Waals surface area contributed by atoms with Gasteiger partial charge in [0.2, 0.25) is 0 Å². The number of rotatable bonds is 2. The van der Waals surface area contributed by atoms with E-state index >= 15 is 0 Å². The molecule has 1 fully saturated rings. The van der Waals surface area contributed by atoms with Crippen molar-refractivity contribution in [2.75, 3.05) is 0 Å². The molecule has 132 valence electrons. The lowest BCUT2D eigenvalue weighted by Gasteiger charge is -2.05. The predicted molar refractivity (Wildman–Crippen MR) is 82.2 cm³/mol. The summed E-state index contributed by atoms with van der Waals surface area (Å²) in [6, 6.07) is 18.6. The van der Waals surface area contributed by atoms with Gasteiger partial charge in [-0.05, 0) is 0 Å². The van der Waals surface area contributed by atoms with Crippen LogP contribution >= 0.6 is 0 Å². The highest BCUT2D eigenvalue weighted by atomic mass is 16.9. The number of ketones is 1. The summed E-state index contributed by atoms with van der Waals surface area (Å²) in [4.78, 5) is 52.7. The topological polar surface area (TPSA) is 122 Å². The van der Waals surface area contributed by atoms with Gasteiger partial charge in [-0.15, -0.1) is 0 Å². The molecule has 9 heteroatoms. The lowest BCUT2D eigenvalue weighted by molar-refractivity contribution is 0.00860. The Bertz CT molecular complexity index is 714. The van der Waals surface area contributed by atoms with Crippen molar-refractivity contribution in [2.24, 2.45) is 0 Å². The molecule has 0 bridgehead atoms. The van der Waals surface area contributed by atoms with Crippen LogP contribution < -0.4 is 0 Å². The van der Waals surface area contributed by atoms with E-state index < -0.39 is 24.6 Å². The molecule has 0 aromatic heterocycles. The minimum absolute atomic E-state index is 0.0752. The summed E-state index contributed by atoms with van der Waals surface area (Å²) in [5.74, 6) is 0.0752. The second-order valence-corrected chi connectivity index (χ2v) is 4.47. The van der Waals surface area contributed by atoms with Crippen LogP contribution in [0.25, 0.3) is 0 Å². The minimum Gasteiger partial charge on any atom is -0.327 e. The van der Waals surface area contributed by atoms with E-state index in [2.05, 4.69) is 18.9 Å². The van der Waals surface area contributed by atoms with E-state index in [1.54, 1.807) is 0 Å². The third kappa shape index (κ3) is 5.57. The first-order valence-corrected chi connectivity index (χ1v) is 6.97. The van der Waals surface area contributed by atoms with E-state index in [0.717, 1.165) is 11.1 Å². The fourth-order valence-electron chi connectivity index (χ4n) is 1.70. The van der Waals surface area contributed by atoms with E-state index in [1.807, 2.05) is 60.7 Å². The Balaban J connectivity index is 0.000000190. The lowest BCUT2D eigenvalue weighted by atomic mass is 10.0. The minimum atomic E-state index is -1.63. The van der Waals surface area contributed by atoms with Crippen LogP contribution in [0, 0.1) is 0 Å². The average molecular weight is 358 g/mol. The van der Waals surface area contributed by atoms with Crippen molar-refractivity contribution in [2.45, 2.75) is 0 Å². The molecule has 2 aromatic carbocycles. The first-order valence-electron chi connectivity index (χ1n) is 6.97. The molecule has 0 spiro atoms. The van der Waals surface area contributed by atoms with Crippen LogP contribution in [0.2, 0.25) is 0 Å². The summed E-state index contributed by atoms with van der Waals surface area (Å²) >= 11 is 0. The van der Waals surface area contributed by atoms with Crippen molar-refractivity contribution >= 4 is 30.4 Å². The highest BCUT2D eigenvalue weighted by molar-refractivity contribution is 6.08. The molecule has 0 radical (unpaired) electrons. The van der Waals surface area contributed by atoms with E-state index in [1.165, 1.54) is 0 Å². The molecule has 1 aliphatic heterocycles. The first kappa shape index (κ1) is 18.3. The molecule has 0 atom stereocenters. The maximum atomic E-state index is 11.8. The zero-order chi connectivity index (χ0) is 18.9. The third-order valence-electron chi connectivity index (χ3n) is 2.74. The Hall–Kier alpha value is -4.01. The number of hydrogen-bond donors (Lipinski definition) is 0. The molecule has 0 amide bonds. The Kier molecular flexibility index (Phi) is 6.16. The quantitative estimate of drug-likeness (QED) is 0.451. The zero-order valence-electron chi connectivity index (χ0n) is 12.9. The Morgan fingerprint density at radius 2 is 0.769 bits per heavy atom. The fraction of sp³-hybridized carbons (Fsp3) is 0. The maximum absolute atomic E-state index is 11.8. The number of hydrogen-bond acceptors (Lipinski definition) is 9. The van der Waals surface area contributed by atoms with Crippen LogP contribution in [-0.4, -0.2) is 30.4 Å². The molecule has 0 aliphatic carbocycles. The standard InChI is InChI=1S/C13H10O.C4O8/c14-13(11-7-3-1-4-8-11)12-9-5-2-6-10-12;5-1-9-2(6)11-4(8)12-3(7)10-1/h1-10H;. The fourth-order valence-corrected chi connectivity index (χ4v) is 1.70. The number of cyclic esters (lactones) is 8. The molecule has 26 heavy (non-hydrogen) atoms. The summed E-state index contributed by atoms with van der Waals surface area (Å²) in [5, 5.41) is 0. The molecule has 1 aliphatic rings. The van der Waals surface area contributed by atoms with Crippen LogP contribution in [0.4, 0.5) is 19.2 Å². The summed E-state index contributed by atoms with van der Waals surface area (Å²) in [7, 11) is 0. The van der Waals surface area contributed by atoms with Gasteiger partial charge < -0.3 is 18.9 Å². The van der Waals surface area contributed by atoms with Crippen molar-refractivity contribution in [3.05, 3.63) is 71.8 Å². The summed E-state index contributed by atoms with van der Waals surface area (Å²) < 4.78 is 14.4. The second kappa shape index (κ2) is 8.73. The van der Waals surface area contributed by atoms with Crippen LogP contribution in [0.15, 0.2) is 60.7 Å². The Morgan fingerprint density at radius 3 is 1.04 bits per heavy atom. The molecule has 0 unspecified atom stereocenters. The number of ether oxygens (including phenoxy) is 4. The molecule has 0 N–H and O–H groups in total. The predicted octanol–water partition coefficient (Wildman–Crippen LogP) is 3.46. The highest BCUT2D eigenvalue weighted by Gasteiger charge is 2.28. The normalized spacial score (nSPS) is 13.5. The SMILES string of the molecule is O=C(c1ccccc1)c1ccccc1.O=C1OC(=O)OC(=O)OC(=O)O1. The first-order chi connectivity index (χ1) is 12.5. The smallest absolute Gasteiger partial charge is 0.327 e. The van der Waals surface area contributed by atoms with Gasteiger partial charge in [0.15, 0.2) is 5.78 Å². The molecule has 9 nitrogen and oxygen atoms in total. The van der Waals surface area contributed by atoms with Crippen molar-refractivity contribution < 1.29 is 42.9 Å². The van der Waals surface area contributed by atoms with Crippen molar-refractivity contribution in [1.82, 2.24) is 0 Å². The van der Waals surface area contributed by atoms with E-state index in [0.29, 0.717) is 0 Å². The van der Waals surface area contributed by atoms with Gasteiger partial charge in [0.25, 0.3) is 0 Å². The van der Waals surface area contributed by atoms with Crippen molar-refractivity contribution in [3.8, 4) is 0 Å². The highest BCUT2D eigenvalue weighted by Crippen LogP contribution is 2.08. The number of carbonyl (C=O) groups is 5. The van der Waals surface area contributed by atoms with Crippen LogP contribution in [0.3, 0.4) is 0 Å². The largest absolute Gasteiger partial charge is 0.528 e.